The number of likely N-dealkylation sites (tertiary alicyclic amines) is 1. The van der Waals surface area contributed by atoms with Crippen LogP contribution >= 0.6 is 0 Å². The molecule has 5 nitrogen and oxygen atoms in total. The van der Waals surface area contributed by atoms with Crippen molar-refractivity contribution in [2.45, 2.75) is 31.7 Å². The molecule has 0 aromatic carbocycles. The Morgan fingerprint density at radius 1 is 1.69 bits per heavy atom. The van der Waals surface area contributed by atoms with Crippen LogP contribution in [-0.4, -0.2) is 34.6 Å². The monoisotopic (exact) mass is 224 g/mol. The number of aromatic nitrogens is 1. The average Bonchev–Trinajstić information content (AvgIpc) is 2.66. The van der Waals surface area contributed by atoms with Crippen molar-refractivity contribution >= 4 is 5.97 Å². The van der Waals surface area contributed by atoms with Gasteiger partial charge in [0.1, 0.15) is 12.2 Å². The van der Waals surface area contributed by atoms with Crippen molar-refractivity contribution in [3.05, 3.63) is 17.8 Å². The number of carbonyl (C=O) groups is 1. The SMILES string of the molecule is CN1CCCCC1c1ncc(CC(=O)O)o1. The number of hydrogen-bond acceptors (Lipinski definition) is 4. The molecule has 0 bridgehead atoms. The minimum absolute atomic E-state index is 0.0938. The molecule has 1 fully saturated rings. The topological polar surface area (TPSA) is 66.6 Å². The van der Waals surface area contributed by atoms with Gasteiger partial charge in [-0.15, -0.1) is 0 Å². The zero-order valence-corrected chi connectivity index (χ0v) is 9.35. The molecule has 1 unspecified atom stereocenters. The van der Waals surface area contributed by atoms with Crippen LogP contribution in [0.1, 0.15) is 37.0 Å². The summed E-state index contributed by atoms with van der Waals surface area (Å²) in [5.41, 5.74) is 0. The molecule has 0 amide bonds. The molecular weight excluding hydrogens is 208 g/mol. The first-order chi connectivity index (χ1) is 7.66. The fraction of sp³-hybridized carbons (Fsp3) is 0.636. The average molecular weight is 224 g/mol. The van der Waals surface area contributed by atoms with E-state index in [1.807, 2.05) is 7.05 Å². The molecule has 5 heteroatoms. The van der Waals surface area contributed by atoms with Gasteiger partial charge >= 0.3 is 5.97 Å². The molecular formula is C11H16N2O3. The summed E-state index contributed by atoms with van der Waals surface area (Å²) in [5, 5.41) is 8.64. The summed E-state index contributed by atoms with van der Waals surface area (Å²) in [5.74, 6) is 0.194. The van der Waals surface area contributed by atoms with Crippen LogP contribution in [0.15, 0.2) is 10.6 Å². The molecule has 16 heavy (non-hydrogen) atoms. The summed E-state index contributed by atoms with van der Waals surface area (Å²) in [7, 11) is 2.05. The van der Waals surface area contributed by atoms with Crippen molar-refractivity contribution < 1.29 is 14.3 Å². The number of piperidine rings is 1. The van der Waals surface area contributed by atoms with E-state index in [0.717, 1.165) is 13.0 Å². The van der Waals surface area contributed by atoms with E-state index in [1.54, 1.807) is 0 Å². The van der Waals surface area contributed by atoms with Crippen molar-refractivity contribution in [2.75, 3.05) is 13.6 Å². The third-order valence-electron chi connectivity index (χ3n) is 2.95. The summed E-state index contributed by atoms with van der Waals surface area (Å²) in [6, 6.07) is 0.205. The molecule has 0 aliphatic carbocycles. The highest BCUT2D eigenvalue weighted by Gasteiger charge is 2.25. The van der Waals surface area contributed by atoms with Gasteiger partial charge in [0.15, 0.2) is 0 Å². The van der Waals surface area contributed by atoms with Crippen molar-refractivity contribution in [2.24, 2.45) is 0 Å². The van der Waals surface area contributed by atoms with Crippen LogP contribution in [0.2, 0.25) is 0 Å². The lowest BCUT2D eigenvalue weighted by atomic mass is 10.0. The molecule has 1 atom stereocenters. The minimum Gasteiger partial charge on any atom is -0.481 e. The Bertz CT molecular complexity index is 375. The van der Waals surface area contributed by atoms with E-state index in [1.165, 1.54) is 19.0 Å². The number of nitrogens with zero attached hydrogens (tertiary/aromatic N) is 2. The molecule has 1 saturated heterocycles. The fourth-order valence-electron chi connectivity index (χ4n) is 2.09. The normalized spacial score (nSPS) is 22.2. The van der Waals surface area contributed by atoms with Crippen LogP contribution in [0, 0.1) is 0 Å². The molecule has 1 aliphatic rings. The quantitative estimate of drug-likeness (QED) is 0.841. The van der Waals surface area contributed by atoms with Crippen LogP contribution < -0.4 is 0 Å². The van der Waals surface area contributed by atoms with Gasteiger partial charge in [-0.05, 0) is 26.4 Å². The second kappa shape index (κ2) is 4.65. The van der Waals surface area contributed by atoms with Gasteiger partial charge in [-0.1, -0.05) is 6.42 Å². The molecule has 2 rings (SSSR count). The molecule has 0 spiro atoms. The zero-order chi connectivity index (χ0) is 11.5. The number of oxazole rings is 1. The molecule has 1 aromatic rings. The van der Waals surface area contributed by atoms with Gasteiger partial charge in [-0.25, -0.2) is 4.98 Å². The maximum absolute atomic E-state index is 10.5. The van der Waals surface area contributed by atoms with Crippen LogP contribution in [0.25, 0.3) is 0 Å². The highest BCUT2D eigenvalue weighted by Crippen LogP contribution is 2.28. The Morgan fingerprint density at radius 2 is 2.50 bits per heavy atom. The second-order valence-corrected chi connectivity index (χ2v) is 4.23. The summed E-state index contributed by atoms with van der Waals surface area (Å²) in [4.78, 5) is 16.9. The van der Waals surface area contributed by atoms with E-state index < -0.39 is 5.97 Å². The van der Waals surface area contributed by atoms with Crippen LogP contribution in [0.4, 0.5) is 0 Å². The van der Waals surface area contributed by atoms with Crippen molar-refractivity contribution in [1.29, 1.82) is 0 Å². The Balaban J connectivity index is 2.08. The van der Waals surface area contributed by atoms with E-state index in [4.69, 9.17) is 9.52 Å². The predicted octanol–water partition coefficient (Wildman–Crippen LogP) is 1.46. The number of hydrogen-bond donors (Lipinski definition) is 1. The Labute approximate surface area is 94.1 Å². The Kier molecular flexibility index (Phi) is 3.24. The minimum atomic E-state index is -0.889. The molecule has 0 radical (unpaired) electrons. The molecule has 0 saturated carbocycles. The smallest absolute Gasteiger partial charge is 0.311 e. The predicted molar refractivity (Wildman–Crippen MR) is 57.1 cm³/mol. The van der Waals surface area contributed by atoms with Gasteiger partial charge in [0.25, 0.3) is 0 Å². The lowest BCUT2D eigenvalue weighted by Crippen LogP contribution is -2.29. The van der Waals surface area contributed by atoms with Gasteiger partial charge in [0.2, 0.25) is 5.89 Å². The van der Waals surface area contributed by atoms with Gasteiger partial charge in [0, 0.05) is 0 Å². The highest BCUT2D eigenvalue weighted by molar-refractivity contribution is 5.69. The maximum Gasteiger partial charge on any atom is 0.311 e. The van der Waals surface area contributed by atoms with Crippen molar-refractivity contribution in [3.8, 4) is 0 Å². The summed E-state index contributed by atoms with van der Waals surface area (Å²) < 4.78 is 5.47. The molecule has 2 heterocycles. The largest absolute Gasteiger partial charge is 0.481 e. The number of rotatable bonds is 3. The van der Waals surface area contributed by atoms with E-state index in [0.29, 0.717) is 11.7 Å². The molecule has 88 valence electrons. The number of carboxylic acids is 1. The van der Waals surface area contributed by atoms with Crippen molar-refractivity contribution in [1.82, 2.24) is 9.88 Å². The highest BCUT2D eigenvalue weighted by atomic mass is 16.4. The number of aliphatic carboxylic acids is 1. The Hall–Kier alpha value is -1.36. The number of carboxylic acid groups (broad SMARTS) is 1. The van der Waals surface area contributed by atoms with Gasteiger partial charge in [-0.2, -0.15) is 0 Å². The first-order valence-electron chi connectivity index (χ1n) is 5.53. The fourth-order valence-corrected chi connectivity index (χ4v) is 2.09. The lowest BCUT2D eigenvalue weighted by molar-refractivity contribution is -0.136. The third-order valence-corrected chi connectivity index (χ3v) is 2.95. The Morgan fingerprint density at radius 3 is 3.19 bits per heavy atom. The second-order valence-electron chi connectivity index (χ2n) is 4.23. The lowest BCUT2D eigenvalue weighted by Gasteiger charge is -2.29. The molecule has 1 N–H and O–H groups in total. The van der Waals surface area contributed by atoms with Crippen LogP contribution in [0.5, 0.6) is 0 Å². The van der Waals surface area contributed by atoms with Gasteiger partial charge in [0.05, 0.1) is 12.2 Å². The van der Waals surface area contributed by atoms with Crippen LogP contribution in [-0.2, 0) is 11.2 Å². The third kappa shape index (κ3) is 2.41. The van der Waals surface area contributed by atoms with E-state index in [2.05, 4.69) is 9.88 Å². The van der Waals surface area contributed by atoms with E-state index in [-0.39, 0.29) is 12.5 Å². The first kappa shape index (κ1) is 11.1. The standard InChI is InChI=1S/C11H16N2O3/c1-13-5-3-2-4-9(13)11-12-7-8(16-11)6-10(14)15/h7,9H,2-6H2,1H3,(H,14,15). The zero-order valence-electron chi connectivity index (χ0n) is 9.35. The van der Waals surface area contributed by atoms with Crippen molar-refractivity contribution in [3.63, 3.8) is 0 Å². The summed E-state index contributed by atoms with van der Waals surface area (Å²) in [6.45, 7) is 1.04. The van der Waals surface area contributed by atoms with E-state index >= 15 is 0 Å². The van der Waals surface area contributed by atoms with E-state index in [9.17, 15) is 4.79 Å². The first-order valence-corrected chi connectivity index (χ1v) is 5.53. The van der Waals surface area contributed by atoms with Gasteiger partial charge in [-0.3, -0.25) is 9.69 Å². The van der Waals surface area contributed by atoms with Gasteiger partial charge < -0.3 is 9.52 Å². The van der Waals surface area contributed by atoms with Crippen LogP contribution in [0.3, 0.4) is 0 Å². The summed E-state index contributed by atoms with van der Waals surface area (Å²) in [6.07, 6.45) is 4.83. The summed E-state index contributed by atoms with van der Waals surface area (Å²) >= 11 is 0. The molecule has 1 aliphatic heterocycles. The maximum atomic E-state index is 10.5. The molecule has 1 aromatic heterocycles.